The van der Waals surface area contributed by atoms with Crippen molar-refractivity contribution in [1.82, 2.24) is 4.98 Å². The van der Waals surface area contributed by atoms with E-state index in [1.54, 1.807) is 12.4 Å². The molecule has 0 spiro atoms. The quantitative estimate of drug-likeness (QED) is 0.811. The minimum atomic E-state index is -0.885. The fourth-order valence-corrected chi connectivity index (χ4v) is 1.61. The molecule has 0 atom stereocenters. The van der Waals surface area contributed by atoms with Gasteiger partial charge in [-0.25, -0.2) is 4.98 Å². The first-order valence-electron chi connectivity index (χ1n) is 3.13. The molecule has 66 valence electrons. The first-order chi connectivity index (χ1) is 5.59. The predicted octanol–water partition coefficient (Wildman–Crippen LogP) is 1.32. The standard InChI is InChI=1S/C6H7ClN2O2S/c1-9(2-5(10)11)6-8-4(7)3-12-6/h3H,2H2,1H3,(H,10,11). The van der Waals surface area contributed by atoms with E-state index in [9.17, 15) is 4.79 Å². The summed E-state index contributed by atoms with van der Waals surface area (Å²) in [6, 6.07) is 0. The number of rotatable bonds is 3. The summed E-state index contributed by atoms with van der Waals surface area (Å²) in [6.07, 6.45) is 0. The Labute approximate surface area is 78.4 Å². The second kappa shape index (κ2) is 3.73. The van der Waals surface area contributed by atoms with Gasteiger partial charge < -0.3 is 10.0 Å². The molecule has 6 heteroatoms. The van der Waals surface area contributed by atoms with Gasteiger partial charge in [0.15, 0.2) is 5.13 Å². The summed E-state index contributed by atoms with van der Waals surface area (Å²) in [5.41, 5.74) is 0. The van der Waals surface area contributed by atoms with Crippen molar-refractivity contribution in [2.75, 3.05) is 18.5 Å². The lowest BCUT2D eigenvalue weighted by molar-refractivity contribution is -0.135. The maximum absolute atomic E-state index is 10.3. The van der Waals surface area contributed by atoms with E-state index in [4.69, 9.17) is 16.7 Å². The Hall–Kier alpha value is -0.810. The van der Waals surface area contributed by atoms with E-state index in [0.717, 1.165) is 0 Å². The van der Waals surface area contributed by atoms with Gasteiger partial charge in [0.25, 0.3) is 0 Å². The van der Waals surface area contributed by atoms with Crippen LogP contribution < -0.4 is 4.90 Å². The Morgan fingerprint density at radius 2 is 2.58 bits per heavy atom. The second-order valence-electron chi connectivity index (χ2n) is 2.20. The van der Waals surface area contributed by atoms with Crippen LogP contribution in [0.3, 0.4) is 0 Å². The maximum Gasteiger partial charge on any atom is 0.323 e. The molecule has 0 aliphatic carbocycles. The maximum atomic E-state index is 10.3. The molecule has 0 amide bonds. The van der Waals surface area contributed by atoms with Gasteiger partial charge in [-0.15, -0.1) is 11.3 Å². The lowest BCUT2D eigenvalue weighted by Gasteiger charge is -2.11. The van der Waals surface area contributed by atoms with Gasteiger partial charge in [0.05, 0.1) is 0 Å². The summed E-state index contributed by atoms with van der Waals surface area (Å²) >= 11 is 6.89. The van der Waals surface area contributed by atoms with Gasteiger partial charge in [-0.1, -0.05) is 11.6 Å². The van der Waals surface area contributed by atoms with Crippen LogP contribution in [0.25, 0.3) is 0 Å². The Morgan fingerprint density at radius 3 is 3.00 bits per heavy atom. The third-order valence-corrected chi connectivity index (χ3v) is 2.44. The Bertz CT molecular complexity index is 289. The largest absolute Gasteiger partial charge is 0.480 e. The van der Waals surface area contributed by atoms with Gasteiger partial charge in [-0.3, -0.25) is 4.79 Å². The van der Waals surface area contributed by atoms with Gasteiger partial charge in [-0.2, -0.15) is 0 Å². The van der Waals surface area contributed by atoms with E-state index in [1.807, 2.05) is 0 Å². The minimum Gasteiger partial charge on any atom is -0.480 e. The van der Waals surface area contributed by atoms with Gasteiger partial charge in [-0.05, 0) is 0 Å². The lowest BCUT2D eigenvalue weighted by atomic mass is 10.6. The van der Waals surface area contributed by atoms with Gasteiger partial charge >= 0.3 is 5.97 Å². The Morgan fingerprint density at radius 1 is 1.92 bits per heavy atom. The summed E-state index contributed by atoms with van der Waals surface area (Å²) in [5, 5.41) is 11.1. The monoisotopic (exact) mass is 206 g/mol. The molecule has 1 rings (SSSR count). The van der Waals surface area contributed by atoms with Crippen molar-refractivity contribution >= 4 is 34.0 Å². The number of likely N-dealkylation sites (N-methyl/N-ethyl adjacent to an activating group) is 1. The predicted molar refractivity (Wildman–Crippen MR) is 48.0 cm³/mol. The number of hydrogen-bond donors (Lipinski definition) is 1. The minimum absolute atomic E-state index is 0.0656. The van der Waals surface area contributed by atoms with Crippen molar-refractivity contribution in [3.05, 3.63) is 10.5 Å². The van der Waals surface area contributed by atoms with Gasteiger partial charge in [0.2, 0.25) is 0 Å². The van der Waals surface area contributed by atoms with Crippen LogP contribution >= 0.6 is 22.9 Å². The number of nitrogens with zero attached hydrogens (tertiary/aromatic N) is 2. The molecule has 0 radical (unpaired) electrons. The van der Waals surface area contributed by atoms with E-state index in [1.165, 1.54) is 16.2 Å². The molecule has 1 N–H and O–H groups in total. The number of hydrogen-bond acceptors (Lipinski definition) is 4. The average molecular weight is 207 g/mol. The van der Waals surface area contributed by atoms with Gasteiger partial charge in [0, 0.05) is 12.4 Å². The molecule has 12 heavy (non-hydrogen) atoms. The van der Waals surface area contributed by atoms with E-state index >= 15 is 0 Å². The van der Waals surface area contributed by atoms with Crippen molar-refractivity contribution in [1.29, 1.82) is 0 Å². The van der Waals surface area contributed by atoms with Crippen LogP contribution in [0.4, 0.5) is 5.13 Å². The SMILES string of the molecule is CN(CC(=O)O)c1nc(Cl)cs1. The fourth-order valence-electron chi connectivity index (χ4n) is 0.691. The van der Waals surface area contributed by atoms with Crippen LogP contribution in [0.15, 0.2) is 5.38 Å². The fraction of sp³-hybridized carbons (Fsp3) is 0.333. The highest BCUT2D eigenvalue weighted by Gasteiger charge is 2.08. The number of anilines is 1. The number of carboxylic acids is 1. The molecule has 1 heterocycles. The average Bonchev–Trinajstić information content (AvgIpc) is 2.34. The molecule has 1 aromatic heterocycles. The smallest absolute Gasteiger partial charge is 0.323 e. The van der Waals surface area contributed by atoms with Crippen molar-refractivity contribution in [3.63, 3.8) is 0 Å². The number of aliphatic carboxylic acids is 1. The summed E-state index contributed by atoms with van der Waals surface area (Å²) in [5.74, 6) is -0.885. The molecule has 0 aliphatic rings. The second-order valence-corrected chi connectivity index (χ2v) is 3.43. The molecule has 4 nitrogen and oxygen atoms in total. The molecular formula is C6H7ClN2O2S. The zero-order valence-electron chi connectivity index (χ0n) is 6.32. The lowest BCUT2D eigenvalue weighted by Crippen LogP contribution is -2.24. The molecule has 0 unspecified atom stereocenters. The van der Waals surface area contributed by atoms with E-state index in [-0.39, 0.29) is 6.54 Å². The van der Waals surface area contributed by atoms with Gasteiger partial charge in [0.1, 0.15) is 11.7 Å². The highest BCUT2D eigenvalue weighted by atomic mass is 35.5. The number of carboxylic acid groups (broad SMARTS) is 1. The molecule has 0 saturated carbocycles. The molecule has 1 aromatic rings. The summed E-state index contributed by atoms with van der Waals surface area (Å²) < 4.78 is 0. The van der Waals surface area contributed by atoms with Crippen LogP contribution in [0.5, 0.6) is 0 Å². The normalized spacial score (nSPS) is 9.83. The van der Waals surface area contributed by atoms with Crippen molar-refractivity contribution in [2.24, 2.45) is 0 Å². The topological polar surface area (TPSA) is 53.4 Å². The van der Waals surface area contributed by atoms with Crippen LogP contribution in [0, 0.1) is 0 Å². The number of halogens is 1. The van der Waals surface area contributed by atoms with Crippen LogP contribution in [-0.2, 0) is 4.79 Å². The zero-order valence-corrected chi connectivity index (χ0v) is 7.89. The molecule has 0 aromatic carbocycles. The van der Waals surface area contributed by atoms with E-state index in [0.29, 0.717) is 10.3 Å². The van der Waals surface area contributed by atoms with Crippen LogP contribution in [0.2, 0.25) is 5.15 Å². The molecule has 0 bridgehead atoms. The first-order valence-corrected chi connectivity index (χ1v) is 4.39. The number of thiazole rings is 1. The zero-order chi connectivity index (χ0) is 9.14. The van der Waals surface area contributed by atoms with Crippen molar-refractivity contribution < 1.29 is 9.90 Å². The Kier molecular flexibility index (Phi) is 2.88. The van der Waals surface area contributed by atoms with Crippen molar-refractivity contribution in [2.45, 2.75) is 0 Å². The molecule has 0 aliphatic heterocycles. The van der Waals surface area contributed by atoms with E-state index < -0.39 is 5.97 Å². The molecule has 0 saturated heterocycles. The summed E-state index contributed by atoms with van der Waals surface area (Å²) in [7, 11) is 1.66. The first kappa shape index (κ1) is 9.28. The third-order valence-electron chi connectivity index (χ3n) is 1.16. The highest BCUT2D eigenvalue weighted by molar-refractivity contribution is 7.14. The van der Waals surface area contributed by atoms with Crippen LogP contribution in [-0.4, -0.2) is 29.7 Å². The number of carbonyl (C=O) groups is 1. The summed E-state index contributed by atoms with van der Waals surface area (Å²) in [4.78, 5) is 15.7. The highest BCUT2D eigenvalue weighted by Crippen LogP contribution is 2.21. The van der Waals surface area contributed by atoms with Crippen LogP contribution in [0.1, 0.15) is 0 Å². The third kappa shape index (κ3) is 2.35. The molecule has 0 fully saturated rings. The molecular weight excluding hydrogens is 200 g/mol. The van der Waals surface area contributed by atoms with E-state index in [2.05, 4.69) is 4.98 Å². The summed E-state index contributed by atoms with van der Waals surface area (Å²) in [6.45, 7) is -0.0656. The van der Waals surface area contributed by atoms with Crippen molar-refractivity contribution in [3.8, 4) is 0 Å². The Balaban J connectivity index is 2.64. The number of aromatic nitrogens is 1.